The van der Waals surface area contributed by atoms with Crippen molar-refractivity contribution in [1.82, 2.24) is 20.1 Å². The van der Waals surface area contributed by atoms with Gasteiger partial charge in [-0.25, -0.2) is 4.98 Å². The van der Waals surface area contributed by atoms with Crippen LogP contribution >= 0.6 is 0 Å². The first-order valence-corrected chi connectivity index (χ1v) is 7.99. The molecule has 1 aliphatic rings. The maximum atomic E-state index is 4.65. The van der Waals surface area contributed by atoms with E-state index in [9.17, 15) is 0 Å². The molecule has 112 valence electrons. The lowest BCUT2D eigenvalue weighted by atomic mass is 9.89. The number of hydrogen-bond acceptors (Lipinski definition) is 3. The number of rotatable bonds is 5. The van der Waals surface area contributed by atoms with E-state index in [0.717, 1.165) is 36.2 Å². The van der Waals surface area contributed by atoms with E-state index in [0.29, 0.717) is 0 Å². The zero-order valence-corrected chi connectivity index (χ0v) is 12.8. The van der Waals surface area contributed by atoms with Gasteiger partial charge in [-0.05, 0) is 25.3 Å². The number of aromatic nitrogens is 3. The minimum Gasteiger partial charge on any atom is -0.310 e. The minimum absolute atomic E-state index is 0.798. The fraction of sp³-hybridized carbons (Fsp3) is 0.529. The van der Waals surface area contributed by atoms with Crippen molar-refractivity contribution < 1.29 is 0 Å². The Balaban J connectivity index is 1.57. The van der Waals surface area contributed by atoms with Gasteiger partial charge < -0.3 is 5.32 Å². The van der Waals surface area contributed by atoms with E-state index >= 15 is 0 Å². The van der Waals surface area contributed by atoms with Crippen LogP contribution in [0.2, 0.25) is 0 Å². The van der Waals surface area contributed by atoms with Crippen molar-refractivity contribution in [2.45, 2.75) is 38.6 Å². The molecule has 21 heavy (non-hydrogen) atoms. The van der Waals surface area contributed by atoms with Crippen LogP contribution in [0.15, 0.2) is 30.3 Å². The second-order valence-electron chi connectivity index (χ2n) is 5.98. The van der Waals surface area contributed by atoms with Gasteiger partial charge in [0.2, 0.25) is 0 Å². The second kappa shape index (κ2) is 6.85. The van der Waals surface area contributed by atoms with Crippen LogP contribution in [0.25, 0.3) is 11.4 Å². The lowest BCUT2D eigenvalue weighted by Crippen LogP contribution is -2.25. The Morgan fingerprint density at radius 3 is 2.67 bits per heavy atom. The SMILES string of the molecule is Cn1nc(-c2ccccc2)nc1CNCC1CCCCC1. The van der Waals surface area contributed by atoms with Crippen LogP contribution in [0.4, 0.5) is 0 Å². The van der Waals surface area contributed by atoms with E-state index in [4.69, 9.17) is 0 Å². The summed E-state index contributed by atoms with van der Waals surface area (Å²) in [6, 6.07) is 10.2. The predicted molar refractivity (Wildman–Crippen MR) is 84.7 cm³/mol. The molecular weight excluding hydrogens is 260 g/mol. The van der Waals surface area contributed by atoms with Gasteiger partial charge in [-0.1, -0.05) is 49.6 Å². The average Bonchev–Trinajstić information content (AvgIpc) is 2.91. The van der Waals surface area contributed by atoms with Crippen LogP contribution in [-0.2, 0) is 13.6 Å². The second-order valence-corrected chi connectivity index (χ2v) is 5.98. The van der Waals surface area contributed by atoms with E-state index in [2.05, 4.69) is 27.5 Å². The molecule has 0 spiro atoms. The Morgan fingerprint density at radius 2 is 1.90 bits per heavy atom. The van der Waals surface area contributed by atoms with E-state index in [1.807, 2.05) is 29.9 Å². The third-order valence-corrected chi connectivity index (χ3v) is 4.33. The summed E-state index contributed by atoms with van der Waals surface area (Å²) in [5.74, 6) is 2.66. The predicted octanol–water partition coefficient (Wildman–Crippen LogP) is 3.15. The van der Waals surface area contributed by atoms with Crippen molar-refractivity contribution in [3.63, 3.8) is 0 Å². The van der Waals surface area contributed by atoms with E-state index in [-0.39, 0.29) is 0 Å². The molecule has 4 nitrogen and oxygen atoms in total. The van der Waals surface area contributed by atoms with Gasteiger partial charge in [-0.15, -0.1) is 0 Å². The number of benzene rings is 1. The molecule has 3 rings (SSSR count). The Bertz CT molecular complexity index is 555. The van der Waals surface area contributed by atoms with Crippen LogP contribution in [0.3, 0.4) is 0 Å². The van der Waals surface area contributed by atoms with E-state index < -0.39 is 0 Å². The molecule has 0 saturated heterocycles. The van der Waals surface area contributed by atoms with Crippen molar-refractivity contribution in [1.29, 1.82) is 0 Å². The Kier molecular flexibility index (Phi) is 4.65. The molecular formula is C17H24N4. The van der Waals surface area contributed by atoms with Crippen LogP contribution in [0.5, 0.6) is 0 Å². The topological polar surface area (TPSA) is 42.7 Å². The highest BCUT2D eigenvalue weighted by Crippen LogP contribution is 2.22. The lowest BCUT2D eigenvalue weighted by molar-refractivity contribution is 0.340. The summed E-state index contributed by atoms with van der Waals surface area (Å²) in [6.07, 6.45) is 6.96. The standard InChI is InChI=1S/C17H24N4/c1-21-16(13-18-12-14-8-4-2-5-9-14)19-17(20-21)15-10-6-3-7-11-15/h3,6-7,10-11,14,18H,2,4-5,8-9,12-13H2,1H3. The highest BCUT2D eigenvalue weighted by molar-refractivity contribution is 5.53. The Hall–Kier alpha value is -1.68. The molecule has 1 aliphatic carbocycles. The fourth-order valence-corrected chi connectivity index (χ4v) is 3.06. The third-order valence-electron chi connectivity index (χ3n) is 4.33. The molecule has 0 unspecified atom stereocenters. The summed E-state index contributed by atoms with van der Waals surface area (Å²) in [5, 5.41) is 8.07. The first-order valence-electron chi connectivity index (χ1n) is 7.99. The normalized spacial score (nSPS) is 16.2. The van der Waals surface area contributed by atoms with Gasteiger partial charge in [-0.3, -0.25) is 4.68 Å². The summed E-state index contributed by atoms with van der Waals surface area (Å²) in [4.78, 5) is 4.65. The van der Waals surface area contributed by atoms with Gasteiger partial charge in [0.1, 0.15) is 5.82 Å². The van der Waals surface area contributed by atoms with Gasteiger partial charge in [0.15, 0.2) is 5.82 Å². The maximum absolute atomic E-state index is 4.65. The summed E-state index contributed by atoms with van der Waals surface area (Å²) < 4.78 is 1.89. The van der Waals surface area contributed by atoms with Gasteiger partial charge >= 0.3 is 0 Å². The Morgan fingerprint density at radius 1 is 1.14 bits per heavy atom. The molecule has 0 atom stereocenters. The van der Waals surface area contributed by atoms with E-state index in [1.165, 1.54) is 32.1 Å². The molecule has 1 saturated carbocycles. The first-order chi connectivity index (χ1) is 10.3. The highest BCUT2D eigenvalue weighted by atomic mass is 15.3. The van der Waals surface area contributed by atoms with E-state index in [1.54, 1.807) is 0 Å². The van der Waals surface area contributed by atoms with Crippen LogP contribution in [-0.4, -0.2) is 21.3 Å². The molecule has 0 radical (unpaired) electrons. The van der Waals surface area contributed by atoms with Crippen LogP contribution in [0.1, 0.15) is 37.9 Å². The quantitative estimate of drug-likeness (QED) is 0.917. The highest BCUT2D eigenvalue weighted by Gasteiger charge is 2.14. The number of nitrogens with zero attached hydrogens (tertiary/aromatic N) is 3. The first kappa shape index (κ1) is 14.3. The van der Waals surface area contributed by atoms with Crippen molar-refractivity contribution in [2.24, 2.45) is 13.0 Å². The summed E-state index contributed by atoms with van der Waals surface area (Å²) >= 11 is 0. The molecule has 1 heterocycles. The number of nitrogens with one attached hydrogen (secondary N) is 1. The fourth-order valence-electron chi connectivity index (χ4n) is 3.06. The molecule has 0 bridgehead atoms. The summed E-state index contributed by atoms with van der Waals surface area (Å²) in [5.41, 5.74) is 1.08. The maximum Gasteiger partial charge on any atom is 0.181 e. The monoisotopic (exact) mass is 284 g/mol. The number of hydrogen-bond donors (Lipinski definition) is 1. The molecule has 1 aromatic heterocycles. The van der Waals surface area contributed by atoms with Gasteiger partial charge in [0.25, 0.3) is 0 Å². The van der Waals surface area contributed by atoms with Gasteiger partial charge in [0.05, 0.1) is 6.54 Å². The molecule has 0 aliphatic heterocycles. The van der Waals surface area contributed by atoms with Gasteiger partial charge in [0, 0.05) is 12.6 Å². The average molecular weight is 284 g/mol. The van der Waals surface area contributed by atoms with Crippen molar-refractivity contribution in [2.75, 3.05) is 6.54 Å². The number of aryl methyl sites for hydroxylation is 1. The largest absolute Gasteiger partial charge is 0.310 e. The lowest BCUT2D eigenvalue weighted by Gasteiger charge is -2.21. The van der Waals surface area contributed by atoms with Crippen LogP contribution in [0, 0.1) is 5.92 Å². The Labute approximate surface area is 126 Å². The third kappa shape index (κ3) is 3.70. The van der Waals surface area contributed by atoms with Crippen molar-refractivity contribution in [3.05, 3.63) is 36.2 Å². The molecule has 2 aromatic rings. The molecule has 1 N–H and O–H groups in total. The minimum atomic E-state index is 0.798. The van der Waals surface area contributed by atoms with Crippen LogP contribution < -0.4 is 5.32 Å². The molecule has 1 fully saturated rings. The molecule has 0 amide bonds. The van der Waals surface area contributed by atoms with Gasteiger partial charge in [-0.2, -0.15) is 5.10 Å². The zero-order valence-electron chi connectivity index (χ0n) is 12.8. The molecule has 1 aromatic carbocycles. The zero-order chi connectivity index (χ0) is 14.5. The smallest absolute Gasteiger partial charge is 0.181 e. The van der Waals surface area contributed by atoms with Crippen molar-refractivity contribution in [3.8, 4) is 11.4 Å². The summed E-state index contributed by atoms with van der Waals surface area (Å²) in [7, 11) is 1.97. The summed E-state index contributed by atoms with van der Waals surface area (Å²) in [6.45, 7) is 1.90. The van der Waals surface area contributed by atoms with Crippen molar-refractivity contribution >= 4 is 0 Å². The molecule has 4 heteroatoms.